The molecular formula is C26H16N10S2. The number of aromatic nitrogens is 4. The van der Waals surface area contributed by atoms with Gasteiger partial charge in [0.05, 0.1) is 11.1 Å². The first-order valence-corrected chi connectivity index (χ1v) is 12.8. The molecule has 4 N–H and O–H groups in total. The molecule has 0 spiro atoms. The summed E-state index contributed by atoms with van der Waals surface area (Å²) in [6, 6.07) is 15.3. The van der Waals surface area contributed by atoms with Gasteiger partial charge in [-0.1, -0.05) is 12.1 Å². The molecule has 0 amide bonds. The van der Waals surface area contributed by atoms with Crippen LogP contribution in [0.15, 0.2) is 59.1 Å². The third kappa shape index (κ3) is 5.04. The van der Waals surface area contributed by atoms with Gasteiger partial charge in [-0.15, -0.1) is 23.5 Å². The highest BCUT2D eigenvalue weighted by atomic mass is 32.2. The first-order valence-electron chi connectivity index (χ1n) is 10.9. The minimum atomic E-state index is 0.0231. The molecule has 38 heavy (non-hydrogen) atoms. The van der Waals surface area contributed by atoms with Crippen molar-refractivity contribution >= 4 is 35.2 Å². The van der Waals surface area contributed by atoms with Gasteiger partial charge in [0, 0.05) is 58.5 Å². The summed E-state index contributed by atoms with van der Waals surface area (Å²) in [5.74, 6) is 0.988. The molecule has 4 aromatic rings. The van der Waals surface area contributed by atoms with Crippen molar-refractivity contribution in [3.8, 4) is 46.5 Å². The Balaban J connectivity index is 1.62. The fraction of sp³-hybridized carbons (Fsp3) is 0.0769. The Labute approximate surface area is 226 Å². The Hall–Kier alpha value is -5.14. The fourth-order valence-corrected chi connectivity index (χ4v) is 5.64. The first kappa shape index (κ1) is 25.9. The summed E-state index contributed by atoms with van der Waals surface area (Å²) < 4.78 is 0. The van der Waals surface area contributed by atoms with Crippen molar-refractivity contribution in [2.45, 2.75) is 10.1 Å². The average molecular weight is 533 g/mol. The molecule has 0 fully saturated rings. The molecule has 4 heterocycles. The third-order valence-electron chi connectivity index (χ3n) is 5.29. The lowest BCUT2D eigenvalue weighted by Crippen LogP contribution is -2.05. The van der Waals surface area contributed by atoms with Crippen LogP contribution in [0.25, 0.3) is 22.3 Å². The second-order valence-electron chi connectivity index (χ2n) is 7.48. The van der Waals surface area contributed by atoms with Crippen molar-refractivity contribution < 1.29 is 0 Å². The van der Waals surface area contributed by atoms with E-state index in [2.05, 4.69) is 32.1 Å². The zero-order valence-electron chi connectivity index (χ0n) is 19.6. The van der Waals surface area contributed by atoms with Crippen LogP contribution in [0.5, 0.6) is 0 Å². The Kier molecular flexibility index (Phi) is 8.01. The van der Waals surface area contributed by atoms with Crippen LogP contribution in [0.1, 0.15) is 22.3 Å². The van der Waals surface area contributed by atoms with E-state index in [1.165, 1.54) is 23.5 Å². The molecule has 0 radical (unpaired) electrons. The quantitative estimate of drug-likeness (QED) is 0.255. The predicted molar refractivity (Wildman–Crippen MR) is 144 cm³/mol. The molecule has 0 bridgehead atoms. The van der Waals surface area contributed by atoms with Gasteiger partial charge in [0.15, 0.2) is 0 Å². The van der Waals surface area contributed by atoms with Crippen LogP contribution in [0.2, 0.25) is 0 Å². The van der Waals surface area contributed by atoms with Crippen LogP contribution in [0.4, 0.5) is 11.6 Å². The number of hydrogen-bond acceptors (Lipinski definition) is 12. The van der Waals surface area contributed by atoms with E-state index in [4.69, 9.17) is 11.5 Å². The number of nitrogens with two attached hydrogens (primary N) is 2. The van der Waals surface area contributed by atoms with Gasteiger partial charge >= 0.3 is 0 Å². The lowest BCUT2D eigenvalue weighted by atomic mass is 9.98. The maximum absolute atomic E-state index is 9.92. The zero-order chi connectivity index (χ0) is 27.1. The van der Waals surface area contributed by atoms with Crippen LogP contribution in [-0.4, -0.2) is 31.4 Å². The average Bonchev–Trinajstić information content (AvgIpc) is 2.95. The van der Waals surface area contributed by atoms with Gasteiger partial charge in [0.2, 0.25) is 0 Å². The molecule has 0 aliphatic carbocycles. The molecule has 0 aromatic carbocycles. The van der Waals surface area contributed by atoms with Crippen molar-refractivity contribution in [3.63, 3.8) is 0 Å². The predicted octanol–water partition coefficient (Wildman–Crippen LogP) is 4.14. The second kappa shape index (κ2) is 11.7. The largest absolute Gasteiger partial charge is 0.383 e. The molecule has 0 atom stereocenters. The highest BCUT2D eigenvalue weighted by molar-refractivity contribution is 8.03. The summed E-state index contributed by atoms with van der Waals surface area (Å²) in [5.41, 5.74) is 14.8. The number of thioether (sulfide) groups is 2. The van der Waals surface area contributed by atoms with Crippen LogP contribution in [0, 0.1) is 45.3 Å². The van der Waals surface area contributed by atoms with Crippen LogP contribution < -0.4 is 11.5 Å². The summed E-state index contributed by atoms with van der Waals surface area (Å²) in [5, 5.41) is 39.9. The van der Waals surface area contributed by atoms with Crippen molar-refractivity contribution in [1.82, 2.24) is 19.9 Å². The Morgan fingerprint density at radius 2 is 1.03 bits per heavy atom. The molecule has 12 heteroatoms. The van der Waals surface area contributed by atoms with E-state index >= 15 is 0 Å². The van der Waals surface area contributed by atoms with E-state index < -0.39 is 0 Å². The fourth-order valence-electron chi connectivity index (χ4n) is 3.68. The number of rotatable bonds is 7. The Morgan fingerprint density at radius 1 is 0.632 bits per heavy atom. The van der Waals surface area contributed by atoms with E-state index in [-0.39, 0.29) is 33.9 Å². The van der Waals surface area contributed by atoms with Crippen LogP contribution in [-0.2, 0) is 0 Å². The van der Waals surface area contributed by atoms with Gasteiger partial charge in [0.25, 0.3) is 0 Å². The molecule has 10 nitrogen and oxygen atoms in total. The number of hydrogen-bond donors (Lipinski definition) is 2. The molecule has 0 unspecified atom stereocenters. The minimum absolute atomic E-state index is 0.0231. The summed E-state index contributed by atoms with van der Waals surface area (Å²) in [7, 11) is 0. The van der Waals surface area contributed by atoms with Gasteiger partial charge in [-0.25, -0.2) is 9.97 Å². The Bertz CT molecular complexity index is 1550. The number of anilines is 2. The van der Waals surface area contributed by atoms with Gasteiger partial charge in [-0.3, -0.25) is 9.97 Å². The standard InChI is InChI=1S/C26H16N10S2/c27-9-17-21(15-3-1-5-33-13-15)19(11-29)25(35-23(17)31)37-7-8-38-26-20(12-30)22(16-4-2-6-34-14-16)18(10-28)24(32)36-26/h1-6,13-14H,7-8H2,(H2,31,35)(H2,32,36). The molecule has 4 rings (SSSR count). The number of nitrogen functional groups attached to an aromatic ring is 2. The zero-order valence-corrected chi connectivity index (χ0v) is 21.2. The molecule has 0 saturated heterocycles. The van der Waals surface area contributed by atoms with E-state index in [0.717, 1.165) is 0 Å². The maximum Gasteiger partial charge on any atom is 0.143 e. The normalized spacial score (nSPS) is 10.1. The molecule has 4 aromatic heterocycles. The smallest absolute Gasteiger partial charge is 0.143 e. The third-order valence-corrected chi connectivity index (χ3v) is 7.51. The van der Waals surface area contributed by atoms with Crippen molar-refractivity contribution in [2.75, 3.05) is 23.0 Å². The molecule has 0 aliphatic rings. The summed E-state index contributed by atoms with van der Waals surface area (Å²) >= 11 is 2.58. The number of nitriles is 4. The summed E-state index contributed by atoms with van der Waals surface area (Å²) in [6.07, 6.45) is 6.31. The lowest BCUT2D eigenvalue weighted by molar-refractivity contribution is 1.11. The number of pyridine rings is 4. The van der Waals surface area contributed by atoms with Crippen LogP contribution >= 0.6 is 23.5 Å². The first-order chi connectivity index (χ1) is 18.5. The lowest BCUT2D eigenvalue weighted by Gasteiger charge is -2.13. The van der Waals surface area contributed by atoms with Gasteiger partial charge in [0.1, 0.15) is 57.1 Å². The molecule has 182 valence electrons. The topological polar surface area (TPSA) is 199 Å². The summed E-state index contributed by atoms with van der Waals surface area (Å²) in [4.78, 5) is 16.8. The van der Waals surface area contributed by atoms with Gasteiger partial charge < -0.3 is 11.5 Å². The Morgan fingerprint density at radius 3 is 1.34 bits per heavy atom. The number of nitrogens with zero attached hydrogens (tertiary/aromatic N) is 8. The second-order valence-corrected chi connectivity index (χ2v) is 9.65. The molecule has 0 aliphatic heterocycles. The van der Waals surface area contributed by atoms with Crippen molar-refractivity contribution in [2.24, 2.45) is 0 Å². The van der Waals surface area contributed by atoms with E-state index in [1.54, 1.807) is 49.1 Å². The van der Waals surface area contributed by atoms with Crippen molar-refractivity contribution in [3.05, 3.63) is 71.3 Å². The monoisotopic (exact) mass is 532 g/mol. The molecular weight excluding hydrogens is 516 g/mol. The minimum Gasteiger partial charge on any atom is -0.383 e. The van der Waals surface area contributed by atoms with Gasteiger partial charge in [-0.2, -0.15) is 21.0 Å². The SMILES string of the molecule is N#Cc1c(N)nc(SCCSc2nc(N)c(C#N)c(-c3cccnc3)c2C#N)c(C#N)c1-c1cccnc1. The van der Waals surface area contributed by atoms with Crippen molar-refractivity contribution in [1.29, 1.82) is 21.0 Å². The van der Waals surface area contributed by atoms with E-state index in [0.29, 0.717) is 43.8 Å². The van der Waals surface area contributed by atoms with E-state index in [9.17, 15) is 21.0 Å². The van der Waals surface area contributed by atoms with E-state index in [1.807, 2.05) is 12.1 Å². The molecule has 0 saturated carbocycles. The summed E-state index contributed by atoms with van der Waals surface area (Å²) in [6.45, 7) is 0. The highest BCUT2D eigenvalue weighted by Crippen LogP contribution is 2.37. The highest BCUT2D eigenvalue weighted by Gasteiger charge is 2.22. The maximum atomic E-state index is 9.92. The van der Waals surface area contributed by atoms with Gasteiger partial charge in [-0.05, 0) is 12.1 Å². The van der Waals surface area contributed by atoms with Crippen LogP contribution in [0.3, 0.4) is 0 Å².